The quantitative estimate of drug-likeness (QED) is 0.298. The second kappa shape index (κ2) is 11.7. The van der Waals surface area contributed by atoms with Crippen molar-refractivity contribution >= 4 is 44.9 Å². The summed E-state index contributed by atoms with van der Waals surface area (Å²) in [6.45, 7) is 3.50. The monoisotopic (exact) mass is 587 g/mol. The maximum absolute atomic E-state index is 14.2. The molecule has 6 nitrogen and oxygen atoms in total. The molecule has 1 heterocycles. The molecule has 39 heavy (non-hydrogen) atoms. The number of sulfone groups is 1. The highest BCUT2D eigenvalue weighted by Gasteiger charge is 2.51. The number of carboxylic acids is 1. The minimum atomic E-state index is -3.59. The number of piperidine rings is 1. The molecule has 1 fully saturated rings. The van der Waals surface area contributed by atoms with Crippen molar-refractivity contribution in [2.45, 2.75) is 56.0 Å². The molecule has 1 aliphatic rings. The molecular formula is C30H31Cl2NO5S. The molecule has 0 saturated carbocycles. The van der Waals surface area contributed by atoms with E-state index in [2.05, 4.69) is 0 Å². The summed E-state index contributed by atoms with van der Waals surface area (Å²) in [7, 11) is -3.59. The highest BCUT2D eigenvalue weighted by molar-refractivity contribution is 7.91. The summed E-state index contributed by atoms with van der Waals surface area (Å²) in [5.41, 5.74) is 0.502. The van der Waals surface area contributed by atoms with Crippen LogP contribution in [0.5, 0.6) is 0 Å². The molecular weight excluding hydrogens is 557 g/mol. The van der Waals surface area contributed by atoms with Crippen molar-refractivity contribution in [2.75, 3.05) is 5.75 Å². The predicted molar refractivity (Wildman–Crippen MR) is 153 cm³/mol. The molecule has 0 spiro atoms. The summed E-state index contributed by atoms with van der Waals surface area (Å²) in [6.07, 6.45) is 0.123. The molecule has 206 valence electrons. The summed E-state index contributed by atoms with van der Waals surface area (Å²) < 4.78 is 26.2. The van der Waals surface area contributed by atoms with E-state index < -0.39 is 33.3 Å². The van der Waals surface area contributed by atoms with Crippen LogP contribution in [0.25, 0.3) is 0 Å². The Kier molecular flexibility index (Phi) is 8.74. The topological polar surface area (TPSA) is 91.8 Å². The molecule has 3 aromatic carbocycles. The number of hydrogen-bond donors (Lipinski definition) is 1. The van der Waals surface area contributed by atoms with Crippen molar-refractivity contribution < 1.29 is 23.1 Å². The number of aliphatic carboxylic acids is 1. The second-order valence-electron chi connectivity index (χ2n) is 10.5. The normalized spacial score (nSPS) is 22.5. The summed E-state index contributed by atoms with van der Waals surface area (Å²) in [6, 6.07) is 21.8. The molecule has 1 amide bonds. The summed E-state index contributed by atoms with van der Waals surface area (Å²) in [5.74, 6) is -1.83. The van der Waals surface area contributed by atoms with Crippen molar-refractivity contribution in [3.05, 3.63) is 100 Å². The first-order chi connectivity index (χ1) is 18.4. The third-order valence-electron chi connectivity index (χ3n) is 7.51. The number of likely N-dealkylation sites (tertiary alicyclic amines) is 1. The van der Waals surface area contributed by atoms with Crippen LogP contribution in [-0.2, 0) is 19.4 Å². The molecule has 1 aliphatic heterocycles. The number of carbonyl (C=O) groups excluding carboxylic acids is 1. The SMILES string of the molecule is C[C@@H](CCS(=O)(=O)c1ccccc1)N1C(=O)[C@@](C)(CC(=O)O)C[C@H](c2cccc(Cl)c2)[C@H]1c1ccc(Cl)cc1. The lowest BCUT2D eigenvalue weighted by Gasteiger charge is -2.51. The van der Waals surface area contributed by atoms with E-state index in [0.717, 1.165) is 11.1 Å². The second-order valence-corrected chi connectivity index (χ2v) is 13.5. The summed E-state index contributed by atoms with van der Waals surface area (Å²) >= 11 is 12.5. The first-order valence-corrected chi connectivity index (χ1v) is 15.2. The number of carbonyl (C=O) groups is 2. The Morgan fingerprint density at radius 3 is 2.28 bits per heavy atom. The summed E-state index contributed by atoms with van der Waals surface area (Å²) in [4.78, 5) is 28.0. The molecule has 0 aromatic heterocycles. The molecule has 9 heteroatoms. The molecule has 0 aliphatic carbocycles. The highest BCUT2D eigenvalue weighted by atomic mass is 35.5. The van der Waals surface area contributed by atoms with Gasteiger partial charge in [-0.15, -0.1) is 0 Å². The van der Waals surface area contributed by atoms with Gasteiger partial charge >= 0.3 is 5.97 Å². The number of halogens is 2. The fraction of sp³-hybridized carbons (Fsp3) is 0.333. The van der Waals surface area contributed by atoms with Gasteiger partial charge in [0, 0.05) is 22.0 Å². The van der Waals surface area contributed by atoms with E-state index in [1.807, 2.05) is 37.3 Å². The van der Waals surface area contributed by atoms with Gasteiger partial charge in [-0.25, -0.2) is 8.42 Å². The van der Waals surface area contributed by atoms with Gasteiger partial charge in [-0.3, -0.25) is 9.59 Å². The fourth-order valence-corrected chi connectivity index (χ4v) is 7.36. The number of amides is 1. The number of carboxylic acid groups (broad SMARTS) is 1. The smallest absolute Gasteiger partial charge is 0.304 e. The standard InChI is InChI=1S/C30H31Cl2NO5S/c1-20(15-16-39(37,38)25-9-4-3-5-10-25)33-28(21-11-13-23(31)14-12-21)26(22-7-6-8-24(32)17-22)18-30(2,29(33)36)19-27(34)35/h3-14,17,20,26,28H,15-16,18-19H2,1-2H3,(H,34,35)/t20-,26+,28+,30+/m0/s1. The van der Waals surface area contributed by atoms with Crippen LogP contribution >= 0.6 is 23.2 Å². The molecule has 0 bridgehead atoms. The van der Waals surface area contributed by atoms with Crippen LogP contribution in [-0.4, -0.2) is 42.1 Å². The lowest BCUT2D eigenvalue weighted by Crippen LogP contribution is -2.55. The van der Waals surface area contributed by atoms with E-state index in [1.165, 1.54) is 0 Å². The van der Waals surface area contributed by atoms with E-state index in [-0.39, 0.29) is 41.7 Å². The molecule has 4 atom stereocenters. The van der Waals surface area contributed by atoms with Crippen molar-refractivity contribution in [3.8, 4) is 0 Å². The fourth-order valence-electron chi connectivity index (χ4n) is 5.57. The van der Waals surface area contributed by atoms with Gasteiger partial charge in [0.15, 0.2) is 9.84 Å². The van der Waals surface area contributed by atoms with Gasteiger partial charge in [-0.2, -0.15) is 0 Å². The van der Waals surface area contributed by atoms with Gasteiger partial charge in [0.05, 0.1) is 28.5 Å². The zero-order valence-electron chi connectivity index (χ0n) is 21.8. The molecule has 4 rings (SSSR count). The zero-order chi connectivity index (χ0) is 28.4. The van der Waals surface area contributed by atoms with Crippen LogP contribution in [0.1, 0.15) is 56.2 Å². The average Bonchev–Trinajstić information content (AvgIpc) is 2.89. The van der Waals surface area contributed by atoms with Gasteiger partial charge in [0.1, 0.15) is 0 Å². The Bertz CT molecular complexity index is 1450. The zero-order valence-corrected chi connectivity index (χ0v) is 24.1. The van der Waals surface area contributed by atoms with Gasteiger partial charge in [0.25, 0.3) is 0 Å². The highest BCUT2D eigenvalue weighted by Crippen LogP contribution is 2.52. The third-order valence-corrected chi connectivity index (χ3v) is 9.76. The van der Waals surface area contributed by atoms with Crippen LogP contribution in [0.3, 0.4) is 0 Å². The van der Waals surface area contributed by atoms with E-state index in [4.69, 9.17) is 23.2 Å². The maximum atomic E-state index is 14.2. The van der Waals surface area contributed by atoms with Crippen LogP contribution in [0.4, 0.5) is 0 Å². The van der Waals surface area contributed by atoms with Gasteiger partial charge in [0.2, 0.25) is 5.91 Å². The average molecular weight is 589 g/mol. The lowest BCUT2D eigenvalue weighted by atomic mass is 9.67. The number of nitrogens with zero attached hydrogens (tertiary/aromatic N) is 1. The van der Waals surface area contributed by atoms with Gasteiger partial charge in [-0.1, -0.05) is 72.6 Å². The molecule has 0 unspecified atom stereocenters. The van der Waals surface area contributed by atoms with Crippen LogP contribution in [0, 0.1) is 5.41 Å². The van der Waals surface area contributed by atoms with Crippen LogP contribution in [0.2, 0.25) is 10.0 Å². The van der Waals surface area contributed by atoms with E-state index >= 15 is 0 Å². The molecule has 0 radical (unpaired) electrons. The van der Waals surface area contributed by atoms with Crippen molar-refractivity contribution in [2.24, 2.45) is 5.41 Å². The number of rotatable bonds is 9. The van der Waals surface area contributed by atoms with Crippen molar-refractivity contribution in [1.82, 2.24) is 4.90 Å². The van der Waals surface area contributed by atoms with Gasteiger partial charge < -0.3 is 10.0 Å². The first kappa shape index (κ1) is 29.1. The van der Waals surface area contributed by atoms with E-state index in [0.29, 0.717) is 10.0 Å². The van der Waals surface area contributed by atoms with E-state index in [9.17, 15) is 23.1 Å². The molecule has 1 N–H and O–H groups in total. The Morgan fingerprint density at radius 2 is 1.67 bits per heavy atom. The van der Waals surface area contributed by atoms with Gasteiger partial charge in [-0.05, 0) is 67.3 Å². The Morgan fingerprint density at radius 1 is 1.00 bits per heavy atom. The Balaban J connectivity index is 1.79. The van der Waals surface area contributed by atoms with Crippen LogP contribution < -0.4 is 0 Å². The van der Waals surface area contributed by atoms with Crippen molar-refractivity contribution in [1.29, 1.82) is 0 Å². The maximum Gasteiger partial charge on any atom is 0.304 e. The molecule has 3 aromatic rings. The Labute approximate surface area is 239 Å². The van der Waals surface area contributed by atoms with Crippen LogP contribution in [0.15, 0.2) is 83.8 Å². The van der Waals surface area contributed by atoms with Crippen molar-refractivity contribution in [3.63, 3.8) is 0 Å². The third kappa shape index (κ3) is 6.48. The number of hydrogen-bond acceptors (Lipinski definition) is 4. The minimum absolute atomic E-state index is 0.160. The Hall–Kier alpha value is -2.87. The largest absolute Gasteiger partial charge is 0.481 e. The minimum Gasteiger partial charge on any atom is -0.481 e. The predicted octanol–water partition coefficient (Wildman–Crippen LogP) is 6.78. The molecule has 1 saturated heterocycles. The first-order valence-electron chi connectivity index (χ1n) is 12.7. The number of benzene rings is 3. The van der Waals surface area contributed by atoms with E-state index in [1.54, 1.807) is 60.4 Å². The lowest BCUT2D eigenvalue weighted by molar-refractivity contribution is -0.160. The summed E-state index contributed by atoms with van der Waals surface area (Å²) in [5, 5.41) is 10.8.